The number of hydrogen-bond acceptors (Lipinski definition) is 3. The summed E-state index contributed by atoms with van der Waals surface area (Å²) < 4.78 is 13.4. The summed E-state index contributed by atoms with van der Waals surface area (Å²) in [5.41, 5.74) is 1.87. The number of piperidine rings is 1. The molecule has 2 bridgehead atoms. The van der Waals surface area contributed by atoms with Gasteiger partial charge in [-0.25, -0.2) is 4.39 Å². The second kappa shape index (κ2) is 6.86. The molecule has 1 aliphatic carbocycles. The molecule has 3 saturated heterocycles. The summed E-state index contributed by atoms with van der Waals surface area (Å²) >= 11 is 0. The Morgan fingerprint density at radius 2 is 1.96 bits per heavy atom. The van der Waals surface area contributed by atoms with E-state index in [0.717, 1.165) is 62.0 Å². The van der Waals surface area contributed by atoms with Crippen molar-refractivity contribution in [3.63, 3.8) is 0 Å². The molecular formula is C22H26FN3O. The molecule has 0 N–H and O–H groups in total. The van der Waals surface area contributed by atoms with Gasteiger partial charge in [-0.1, -0.05) is 12.5 Å². The molecule has 1 aromatic carbocycles. The SMILES string of the molecule is O=C(C1CCC1)N1C[C@@H]2CC[C@H](C1)N(Cc1ccc3cc(F)ccc3n1)C2. The Bertz CT molecular complexity index is 866. The van der Waals surface area contributed by atoms with Gasteiger partial charge in [0.25, 0.3) is 0 Å². The number of rotatable bonds is 3. The van der Waals surface area contributed by atoms with Gasteiger partial charge in [0.15, 0.2) is 0 Å². The predicted octanol–water partition coefficient (Wildman–Crippen LogP) is 3.60. The number of pyridine rings is 1. The van der Waals surface area contributed by atoms with E-state index < -0.39 is 0 Å². The van der Waals surface area contributed by atoms with Crippen LogP contribution in [0.1, 0.15) is 37.8 Å². The van der Waals surface area contributed by atoms with E-state index in [-0.39, 0.29) is 5.82 Å². The van der Waals surface area contributed by atoms with Gasteiger partial charge in [-0.3, -0.25) is 14.7 Å². The number of amides is 1. The van der Waals surface area contributed by atoms with Crippen LogP contribution in [0.2, 0.25) is 0 Å². The van der Waals surface area contributed by atoms with E-state index in [4.69, 9.17) is 4.98 Å². The van der Waals surface area contributed by atoms with Crippen LogP contribution in [-0.2, 0) is 11.3 Å². The summed E-state index contributed by atoms with van der Waals surface area (Å²) in [5.74, 6) is 1.03. The maximum absolute atomic E-state index is 13.4. The molecule has 1 amide bonds. The van der Waals surface area contributed by atoms with E-state index in [1.165, 1.54) is 25.0 Å². The Morgan fingerprint density at radius 3 is 2.78 bits per heavy atom. The molecule has 4 aliphatic rings. The van der Waals surface area contributed by atoms with E-state index in [0.29, 0.717) is 23.8 Å². The lowest BCUT2D eigenvalue weighted by Gasteiger charge is -2.36. The van der Waals surface area contributed by atoms with Crippen molar-refractivity contribution in [2.75, 3.05) is 19.6 Å². The summed E-state index contributed by atoms with van der Waals surface area (Å²) in [6, 6.07) is 9.15. The van der Waals surface area contributed by atoms with Gasteiger partial charge in [-0.15, -0.1) is 0 Å². The number of aromatic nitrogens is 1. The highest BCUT2D eigenvalue weighted by Gasteiger charge is 2.39. The second-order valence-corrected chi connectivity index (χ2v) is 8.54. The Labute approximate surface area is 159 Å². The minimum atomic E-state index is -0.224. The molecule has 4 nitrogen and oxygen atoms in total. The van der Waals surface area contributed by atoms with E-state index in [2.05, 4.69) is 9.80 Å². The molecule has 2 atom stereocenters. The normalized spacial score (nSPS) is 26.2. The molecule has 2 aromatic rings. The smallest absolute Gasteiger partial charge is 0.225 e. The third-order valence-corrected chi connectivity index (χ3v) is 6.67. The standard InChI is InChI=1S/C22H26FN3O/c23-18-6-9-21-17(10-18)5-7-19(24-21)13-25-11-15-4-8-20(25)14-26(12-15)22(27)16-2-1-3-16/h5-7,9-10,15-16,20H,1-4,8,11-14H2/t15-,20-/m1/s1. The van der Waals surface area contributed by atoms with Crippen molar-refractivity contribution in [2.24, 2.45) is 11.8 Å². The topological polar surface area (TPSA) is 36.4 Å². The number of nitrogens with zero attached hydrogens (tertiary/aromatic N) is 3. The summed E-state index contributed by atoms with van der Waals surface area (Å²) in [4.78, 5) is 22.2. The van der Waals surface area contributed by atoms with Gasteiger partial charge in [-0.2, -0.15) is 0 Å². The molecule has 0 radical (unpaired) electrons. The highest BCUT2D eigenvalue weighted by molar-refractivity contribution is 5.80. The first-order valence-electron chi connectivity index (χ1n) is 10.2. The first kappa shape index (κ1) is 17.1. The molecule has 4 fully saturated rings. The van der Waals surface area contributed by atoms with E-state index in [1.807, 2.05) is 12.1 Å². The summed E-state index contributed by atoms with van der Waals surface area (Å²) in [6.45, 7) is 3.64. The second-order valence-electron chi connectivity index (χ2n) is 8.54. The lowest BCUT2D eigenvalue weighted by atomic mass is 9.84. The highest BCUT2D eigenvalue weighted by Crippen LogP contribution is 2.33. The van der Waals surface area contributed by atoms with Gasteiger partial charge >= 0.3 is 0 Å². The number of hydrogen-bond donors (Lipinski definition) is 0. The first-order valence-corrected chi connectivity index (χ1v) is 10.2. The van der Waals surface area contributed by atoms with Crippen LogP contribution in [0, 0.1) is 17.7 Å². The molecule has 1 aromatic heterocycles. The van der Waals surface area contributed by atoms with Crippen LogP contribution in [0.4, 0.5) is 4.39 Å². The zero-order chi connectivity index (χ0) is 18.4. The van der Waals surface area contributed by atoms with Gasteiger partial charge < -0.3 is 4.90 Å². The average molecular weight is 367 g/mol. The fourth-order valence-corrected chi connectivity index (χ4v) is 4.90. The van der Waals surface area contributed by atoms with Crippen molar-refractivity contribution in [2.45, 2.75) is 44.7 Å². The third-order valence-electron chi connectivity index (χ3n) is 6.67. The summed E-state index contributed by atoms with van der Waals surface area (Å²) in [7, 11) is 0. The van der Waals surface area contributed by atoms with Crippen molar-refractivity contribution < 1.29 is 9.18 Å². The van der Waals surface area contributed by atoms with Gasteiger partial charge in [0.1, 0.15) is 5.82 Å². The lowest BCUT2D eigenvalue weighted by Crippen LogP contribution is -2.45. The van der Waals surface area contributed by atoms with Crippen LogP contribution in [0.25, 0.3) is 10.9 Å². The number of carbonyl (C=O) groups excluding carboxylic acids is 1. The summed E-state index contributed by atoms with van der Waals surface area (Å²) in [5, 5.41) is 0.841. The number of halogens is 1. The van der Waals surface area contributed by atoms with Crippen molar-refractivity contribution >= 4 is 16.8 Å². The van der Waals surface area contributed by atoms with E-state index in [1.54, 1.807) is 6.07 Å². The largest absolute Gasteiger partial charge is 0.341 e. The molecule has 27 heavy (non-hydrogen) atoms. The zero-order valence-corrected chi connectivity index (χ0v) is 15.6. The fraction of sp³-hybridized carbons (Fsp3) is 0.545. The van der Waals surface area contributed by atoms with Crippen LogP contribution in [-0.4, -0.2) is 46.4 Å². The predicted molar refractivity (Wildman–Crippen MR) is 103 cm³/mol. The minimum absolute atomic E-state index is 0.224. The van der Waals surface area contributed by atoms with Crippen molar-refractivity contribution in [3.8, 4) is 0 Å². The summed E-state index contributed by atoms with van der Waals surface area (Å²) in [6.07, 6.45) is 5.75. The van der Waals surface area contributed by atoms with Crippen LogP contribution in [0.3, 0.4) is 0 Å². The first-order chi connectivity index (χ1) is 13.2. The van der Waals surface area contributed by atoms with Crippen LogP contribution in [0.5, 0.6) is 0 Å². The molecule has 3 aliphatic heterocycles. The minimum Gasteiger partial charge on any atom is -0.341 e. The van der Waals surface area contributed by atoms with Gasteiger partial charge in [0, 0.05) is 43.5 Å². The van der Waals surface area contributed by atoms with Crippen LogP contribution < -0.4 is 0 Å². The van der Waals surface area contributed by atoms with Crippen molar-refractivity contribution in [1.82, 2.24) is 14.8 Å². The fourth-order valence-electron chi connectivity index (χ4n) is 4.90. The monoisotopic (exact) mass is 367 g/mol. The average Bonchev–Trinajstić information content (AvgIpc) is 2.92. The van der Waals surface area contributed by atoms with Crippen LogP contribution >= 0.6 is 0 Å². The Balaban J connectivity index is 1.32. The van der Waals surface area contributed by atoms with Gasteiger partial charge in [0.05, 0.1) is 11.2 Å². The lowest BCUT2D eigenvalue weighted by molar-refractivity contribution is -0.138. The molecule has 6 rings (SSSR count). The quantitative estimate of drug-likeness (QED) is 0.832. The zero-order valence-electron chi connectivity index (χ0n) is 15.6. The Hall–Kier alpha value is -2.01. The molecular weight excluding hydrogens is 341 g/mol. The van der Waals surface area contributed by atoms with Gasteiger partial charge in [-0.05, 0) is 55.9 Å². The maximum atomic E-state index is 13.4. The maximum Gasteiger partial charge on any atom is 0.225 e. The number of benzene rings is 1. The van der Waals surface area contributed by atoms with Gasteiger partial charge in [0.2, 0.25) is 5.91 Å². The number of fused-ring (bicyclic) bond motifs is 5. The number of carbonyl (C=O) groups is 1. The van der Waals surface area contributed by atoms with E-state index >= 15 is 0 Å². The third kappa shape index (κ3) is 3.33. The molecule has 0 unspecified atom stereocenters. The Morgan fingerprint density at radius 1 is 1.07 bits per heavy atom. The highest BCUT2D eigenvalue weighted by atomic mass is 19.1. The molecule has 4 heterocycles. The molecule has 142 valence electrons. The molecule has 5 heteroatoms. The molecule has 0 spiro atoms. The molecule has 1 saturated carbocycles. The van der Waals surface area contributed by atoms with Crippen LogP contribution in [0.15, 0.2) is 30.3 Å². The van der Waals surface area contributed by atoms with E-state index in [9.17, 15) is 9.18 Å². The van der Waals surface area contributed by atoms with Crippen molar-refractivity contribution in [3.05, 3.63) is 41.8 Å². The van der Waals surface area contributed by atoms with Crippen molar-refractivity contribution in [1.29, 1.82) is 0 Å². The Kier molecular flexibility index (Phi) is 4.35.